The van der Waals surface area contributed by atoms with Crippen molar-refractivity contribution >= 4 is 21.9 Å². The molecule has 1 aromatic rings. The van der Waals surface area contributed by atoms with E-state index in [1.165, 1.54) is 0 Å². The van der Waals surface area contributed by atoms with Gasteiger partial charge >= 0.3 is 5.97 Å². The maximum Gasteiger partial charge on any atom is 0.331 e. The van der Waals surface area contributed by atoms with Gasteiger partial charge in [-0.05, 0) is 22.9 Å². The van der Waals surface area contributed by atoms with E-state index < -0.39 is 5.97 Å². The largest absolute Gasteiger partial charge is 0.478 e. The zero-order chi connectivity index (χ0) is 9.84. The topological polar surface area (TPSA) is 55.1 Å². The van der Waals surface area contributed by atoms with E-state index in [-0.39, 0.29) is 0 Å². The zero-order valence-corrected chi connectivity index (χ0v) is 8.65. The number of hydrogen-bond acceptors (Lipinski definition) is 2. The lowest BCUT2D eigenvalue weighted by Crippen LogP contribution is -2.00. The van der Waals surface area contributed by atoms with Crippen LogP contribution in [0.4, 0.5) is 0 Å². The van der Waals surface area contributed by atoms with Crippen molar-refractivity contribution in [1.29, 1.82) is 0 Å². The standard InChI is InChI=1S/C8H9BrN2O2/c1-6(8(12)13)2-3-11-5-7(9)4-10-11/h2,4-5H,3H2,1H3,(H,12,13). The van der Waals surface area contributed by atoms with Gasteiger partial charge in [0, 0.05) is 11.8 Å². The first-order chi connectivity index (χ1) is 6.09. The number of nitrogens with zero attached hydrogens (tertiary/aromatic N) is 2. The Hall–Kier alpha value is -1.10. The van der Waals surface area contributed by atoms with Crippen molar-refractivity contribution in [3.63, 3.8) is 0 Å². The molecular weight excluding hydrogens is 236 g/mol. The number of carboxylic acids is 1. The summed E-state index contributed by atoms with van der Waals surface area (Å²) < 4.78 is 2.53. The van der Waals surface area contributed by atoms with Crippen LogP contribution < -0.4 is 0 Å². The fraction of sp³-hybridized carbons (Fsp3) is 0.250. The van der Waals surface area contributed by atoms with Crippen molar-refractivity contribution in [1.82, 2.24) is 9.78 Å². The molecule has 1 heterocycles. The highest BCUT2D eigenvalue weighted by molar-refractivity contribution is 9.10. The molecule has 5 heteroatoms. The summed E-state index contributed by atoms with van der Waals surface area (Å²) in [6.07, 6.45) is 5.05. The molecule has 0 radical (unpaired) electrons. The third-order valence-electron chi connectivity index (χ3n) is 1.52. The summed E-state index contributed by atoms with van der Waals surface area (Å²) in [5.41, 5.74) is 0.326. The fourth-order valence-electron chi connectivity index (χ4n) is 0.756. The molecule has 0 aliphatic carbocycles. The smallest absolute Gasteiger partial charge is 0.331 e. The lowest BCUT2D eigenvalue weighted by atomic mass is 10.3. The Morgan fingerprint density at radius 3 is 3.00 bits per heavy atom. The quantitative estimate of drug-likeness (QED) is 0.824. The zero-order valence-electron chi connectivity index (χ0n) is 7.07. The predicted molar refractivity (Wildman–Crippen MR) is 51.3 cm³/mol. The molecule has 70 valence electrons. The van der Waals surface area contributed by atoms with Crippen molar-refractivity contribution in [3.05, 3.63) is 28.5 Å². The Morgan fingerprint density at radius 2 is 2.54 bits per heavy atom. The lowest BCUT2D eigenvalue weighted by molar-refractivity contribution is -0.132. The van der Waals surface area contributed by atoms with Gasteiger partial charge in [0.1, 0.15) is 0 Å². The van der Waals surface area contributed by atoms with Crippen molar-refractivity contribution in [2.24, 2.45) is 0 Å². The Morgan fingerprint density at radius 1 is 1.85 bits per heavy atom. The highest BCUT2D eigenvalue weighted by atomic mass is 79.9. The number of carbonyl (C=O) groups is 1. The molecule has 1 rings (SSSR count). The summed E-state index contributed by atoms with van der Waals surface area (Å²) in [6, 6.07) is 0. The first kappa shape index (κ1) is 9.98. The molecule has 4 nitrogen and oxygen atoms in total. The number of aliphatic carboxylic acids is 1. The molecule has 0 bridgehead atoms. The Balaban J connectivity index is 2.61. The van der Waals surface area contributed by atoms with Gasteiger partial charge in [0.25, 0.3) is 0 Å². The Labute approximate surface area is 84.0 Å². The molecule has 0 saturated heterocycles. The van der Waals surface area contributed by atoms with Gasteiger partial charge < -0.3 is 5.11 Å². The molecule has 0 aliphatic heterocycles. The minimum Gasteiger partial charge on any atom is -0.478 e. The number of aromatic nitrogens is 2. The van der Waals surface area contributed by atoms with Crippen molar-refractivity contribution in [2.75, 3.05) is 0 Å². The van der Waals surface area contributed by atoms with E-state index >= 15 is 0 Å². The summed E-state index contributed by atoms with van der Waals surface area (Å²) in [4.78, 5) is 10.4. The van der Waals surface area contributed by atoms with E-state index in [1.54, 1.807) is 30.1 Å². The number of rotatable bonds is 3. The molecule has 13 heavy (non-hydrogen) atoms. The molecule has 0 saturated carbocycles. The average Bonchev–Trinajstić information content (AvgIpc) is 2.47. The van der Waals surface area contributed by atoms with Crippen LogP contribution in [-0.4, -0.2) is 20.9 Å². The van der Waals surface area contributed by atoms with Gasteiger partial charge in [0.05, 0.1) is 17.2 Å². The highest BCUT2D eigenvalue weighted by Crippen LogP contribution is 2.06. The van der Waals surface area contributed by atoms with Crippen LogP contribution in [0.5, 0.6) is 0 Å². The molecule has 0 aromatic carbocycles. The molecule has 0 unspecified atom stereocenters. The molecule has 1 aromatic heterocycles. The SMILES string of the molecule is CC(=CCn1cc(Br)cn1)C(=O)O. The maximum atomic E-state index is 10.4. The monoisotopic (exact) mass is 244 g/mol. The maximum absolute atomic E-state index is 10.4. The normalized spacial score (nSPS) is 11.7. The third-order valence-corrected chi connectivity index (χ3v) is 1.93. The summed E-state index contributed by atoms with van der Waals surface area (Å²) in [6.45, 7) is 2.03. The van der Waals surface area contributed by atoms with Gasteiger partial charge in [0.15, 0.2) is 0 Å². The summed E-state index contributed by atoms with van der Waals surface area (Å²) in [7, 11) is 0. The van der Waals surface area contributed by atoms with Gasteiger partial charge in [0.2, 0.25) is 0 Å². The molecule has 0 amide bonds. The minimum atomic E-state index is -0.897. The lowest BCUT2D eigenvalue weighted by Gasteiger charge is -1.95. The van der Waals surface area contributed by atoms with Crippen LogP contribution in [0, 0.1) is 0 Å². The minimum absolute atomic E-state index is 0.326. The number of allylic oxidation sites excluding steroid dienone is 1. The van der Waals surface area contributed by atoms with Gasteiger partial charge in [-0.1, -0.05) is 6.08 Å². The third kappa shape index (κ3) is 3.02. The van der Waals surface area contributed by atoms with E-state index in [0.29, 0.717) is 12.1 Å². The van der Waals surface area contributed by atoms with Crippen LogP contribution >= 0.6 is 15.9 Å². The molecule has 0 fully saturated rings. The van der Waals surface area contributed by atoms with Crippen LogP contribution in [0.2, 0.25) is 0 Å². The summed E-state index contributed by atoms with van der Waals surface area (Å²) in [5.74, 6) is -0.897. The van der Waals surface area contributed by atoms with E-state index in [2.05, 4.69) is 21.0 Å². The van der Waals surface area contributed by atoms with Gasteiger partial charge in [-0.15, -0.1) is 0 Å². The van der Waals surface area contributed by atoms with Crippen molar-refractivity contribution in [2.45, 2.75) is 13.5 Å². The first-order valence-corrected chi connectivity index (χ1v) is 4.47. The predicted octanol–water partition coefficient (Wildman–Crippen LogP) is 1.68. The second kappa shape index (κ2) is 4.23. The number of hydrogen-bond donors (Lipinski definition) is 1. The van der Waals surface area contributed by atoms with Gasteiger partial charge in [-0.2, -0.15) is 5.10 Å². The van der Waals surface area contributed by atoms with Gasteiger partial charge in [-0.25, -0.2) is 4.79 Å². The molecule has 0 aliphatic rings. The summed E-state index contributed by atoms with van der Waals surface area (Å²) >= 11 is 3.25. The van der Waals surface area contributed by atoms with Crippen LogP contribution in [0.25, 0.3) is 0 Å². The van der Waals surface area contributed by atoms with E-state index in [0.717, 1.165) is 4.47 Å². The molecule has 0 atom stereocenters. The average molecular weight is 245 g/mol. The number of halogens is 1. The van der Waals surface area contributed by atoms with Crippen LogP contribution in [0.15, 0.2) is 28.5 Å². The van der Waals surface area contributed by atoms with Gasteiger partial charge in [-0.3, -0.25) is 4.68 Å². The highest BCUT2D eigenvalue weighted by Gasteiger charge is 1.98. The van der Waals surface area contributed by atoms with Crippen molar-refractivity contribution < 1.29 is 9.90 Å². The molecule has 1 N–H and O–H groups in total. The second-order valence-electron chi connectivity index (χ2n) is 2.57. The molecule has 0 spiro atoms. The van der Waals surface area contributed by atoms with Crippen molar-refractivity contribution in [3.8, 4) is 0 Å². The first-order valence-electron chi connectivity index (χ1n) is 3.67. The van der Waals surface area contributed by atoms with E-state index in [1.807, 2.05) is 0 Å². The number of carboxylic acid groups (broad SMARTS) is 1. The van der Waals surface area contributed by atoms with E-state index in [4.69, 9.17) is 5.11 Å². The second-order valence-corrected chi connectivity index (χ2v) is 3.49. The fourth-order valence-corrected chi connectivity index (χ4v) is 1.08. The van der Waals surface area contributed by atoms with Crippen LogP contribution in [0.3, 0.4) is 0 Å². The van der Waals surface area contributed by atoms with E-state index in [9.17, 15) is 4.79 Å². The summed E-state index contributed by atoms with van der Waals surface area (Å²) in [5, 5.41) is 12.5. The Bertz CT molecular complexity index is 344. The Kier molecular flexibility index (Phi) is 3.25. The van der Waals surface area contributed by atoms with Crippen LogP contribution in [-0.2, 0) is 11.3 Å². The van der Waals surface area contributed by atoms with Crippen LogP contribution in [0.1, 0.15) is 6.92 Å². The molecular formula is C8H9BrN2O2.